The number of aromatic nitrogens is 3. The van der Waals surface area contributed by atoms with Crippen molar-refractivity contribution in [1.29, 1.82) is 0 Å². The number of amides is 1. The number of rotatable bonds is 9. The summed E-state index contributed by atoms with van der Waals surface area (Å²) in [7, 11) is 0. The van der Waals surface area contributed by atoms with Crippen LogP contribution in [0.15, 0.2) is 34.8 Å². The molecule has 1 amide bonds. The van der Waals surface area contributed by atoms with Crippen LogP contribution in [0.4, 0.5) is 5.69 Å². The molecular weight excluding hydrogens is 400 g/mol. The molecule has 0 bridgehead atoms. The number of thioether (sulfide) groups is 1. The number of carbonyl (C=O) groups excluding carboxylic acids is 1. The first-order valence-corrected chi connectivity index (χ1v) is 12.0. The van der Waals surface area contributed by atoms with Gasteiger partial charge in [0.1, 0.15) is 0 Å². The van der Waals surface area contributed by atoms with Crippen molar-refractivity contribution in [3.05, 3.63) is 45.6 Å². The number of thiophene rings is 1. The van der Waals surface area contributed by atoms with Gasteiger partial charge in [-0.3, -0.25) is 4.79 Å². The van der Waals surface area contributed by atoms with Crippen LogP contribution < -0.4 is 5.32 Å². The Bertz CT molecular complexity index is 955. The zero-order chi connectivity index (χ0) is 20.8. The zero-order valence-corrected chi connectivity index (χ0v) is 19.1. The van der Waals surface area contributed by atoms with E-state index in [4.69, 9.17) is 0 Å². The van der Waals surface area contributed by atoms with Gasteiger partial charge in [0, 0.05) is 28.1 Å². The third-order valence-corrected chi connectivity index (χ3v) is 6.58. The summed E-state index contributed by atoms with van der Waals surface area (Å²) >= 11 is 3.15. The number of hydrogen-bond donors (Lipinski definition) is 1. The Kier molecular flexibility index (Phi) is 7.50. The summed E-state index contributed by atoms with van der Waals surface area (Å²) in [6, 6.07) is 8.35. The first-order chi connectivity index (χ1) is 14.1. The molecule has 1 aromatic carbocycles. The van der Waals surface area contributed by atoms with Crippen LogP contribution in [0, 0.1) is 6.92 Å². The second kappa shape index (κ2) is 10.1. The van der Waals surface area contributed by atoms with Crippen LogP contribution in [0.1, 0.15) is 43.2 Å². The molecule has 0 fully saturated rings. The fourth-order valence-corrected chi connectivity index (χ4v) is 4.75. The molecule has 7 heteroatoms. The van der Waals surface area contributed by atoms with Crippen LogP contribution >= 0.6 is 23.1 Å². The first-order valence-electron chi connectivity index (χ1n) is 10.1. The standard InChI is InChI=1S/C22H28N4OS2/c1-5-11-26-21(18-12-15(4)28-13-18)24-25-22(26)29-14-19(27)23-20-16(6-2)9-8-10-17(20)7-3/h8-10,12-13H,5-7,11,14H2,1-4H3,(H,23,27). The lowest BCUT2D eigenvalue weighted by Crippen LogP contribution is -2.17. The van der Waals surface area contributed by atoms with E-state index >= 15 is 0 Å². The maximum atomic E-state index is 12.7. The van der Waals surface area contributed by atoms with Gasteiger partial charge in [0.2, 0.25) is 5.91 Å². The van der Waals surface area contributed by atoms with Crippen LogP contribution in [0.5, 0.6) is 0 Å². The largest absolute Gasteiger partial charge is 0.325 e. The highest BCUT2D eigenvalue weighted by atomic mass is 32.2. The van der Waals surface area contributed by atoms with Crippen LogP contribution in [0.3, 0.4) is 0 Å². The molecule has 0 saturated carbocycles. The van der Waals surface area contributed by atoms with Gasteiger partial charge in [-0.25, -0.2) is 0 Å². The molecule has 0 atom stereocenters. The normalized spacial score (nSPS) is 11.0. The SMILES string of the molecule is CCCn1c(SCC(=O)Nc2c(CC)cccc2CC)nnc1-c1csc(C)c1. The number of carbonyl (C=O) groups is 1. The van der Waals surface area contributed by atoms with Gasteiger partial charge < -0.3 is 9.88 Å². The van der Waals surface area contributed by atoms with E-state index in [0.717, 1.165) is 48.0 Å². The van der Waals surface area contributed by atoms with Gasteiger partial charge in [-0.05, 0) is 43.4 Å². The van der Waals surface area contributed by atoms with E-state index in [9.17, 15) is 4.79 Å². The summed E-state index contributed by atoms with van der Waals surface area (Å²) in [5, 5.41) is 14.8. The molecule has 0 radical (unpaired) electrons. The Balaban J connectivity index is 1.73. The van der Waals surface area contributed by atoms with E-state index < -0.39 is 0 Å². The topological polar surface area (TPSA) is 59.8 Å². The lowest BCUT2D eigenvalue weighted by molar-refractivity contribution is -0.113. The quantitative estimate of drug-likeness (QED) is 0.452. The van der Waals surface area contributed by atoms with Gasteiger partial charge in [0.05, 0.1) is 5.75 Å². The molecule has 3 rings (SSSR count). The molecule has 0 aliphatic rings. The molecule has 29 heavy (non-hydrogen) atoms. The van der Waals surface area contributed by atoms with E-state index in [1.807, 2.05) is 0 Å². The predicted octanol–water partition coefficient (Wildman–Crippen LogP) is 5.58. The molecule has 0 spiro atoms. The number of para-hydroxylation sites is 1. The molecule has 5 nitrogen and oxygen atoms in total. The predicted molar refractivity (Wildman–Crippen MR) is 123 cm³/mol. The van der Waals surface area contributed by atoms with Gasteiger partial charge in [0.15, 0.2) is 11.0 Å². The van der Waals surface area contributed by atoms with Gasteiger partial charge in [-0.2, -0.15) is 0 Å². The molecule has 0 aliphatic heterocycles. The third kappa shape index (κ3) is 5.08. The minimum atomic E-state index is -0.00965. The molecule has 2 heterocycles. The molecule has 1 N–H and O–H groups in total. The average molecular weight is 429 g/mol. The van der Waals surface area contributed by atoms with Crippen LogP contribution in [-0.2, 0) is 24.2 Å². The van der Waals surface area contributed by atoms with Crippen molar-refractivity contribution in [3.8, 4) is 11.4 Å². The number of anilines is 1. The Labute approximate surface area is 180 Å². The lowest BCUT2D eigenvalue weighted by Gasteiger charge is -2.14. The summed E-state index contributed by atoms with van der Waals surface area (Å²) < 4.78 is 2.12. The van der Waals surface area contributed by atoms with E-state index in [2.05, 4.69) is 77.4 Å². The fourth-order valence-electron chi connectivity index (χ4n) is 3.30. The van der Waals surface area contributed by atoms with Crippen molar-refractivity contribution in [2.24, 2.45) is 0 Å². The zero-order valence-electron chi connectivity index (χ0n) is 17.5. The van der Waals surface area contributed by atoms with Crippen LogP contribution in [0.2, 0.25) is 0 Å². The second-order valence-corrected chi connectivity index (χ2v) is 8.96. The Morgan fingerprint density at radius 1 is 1.17 bits per heavy atom. The monoisotopic (exact) mass is 428 g/mol. The molecule has 0 saturated heterocycles. The molecule has 0 unspecified atom stereocenters. The minimum Gasteiger partial charge on any atom is -0.325 e. The molecule has 2 aromatic heterocycles. The highest BCUT2D eigenvalue weighted by molar-refractivity contribution is 7.99. The van der Waals surface area contributed by atoms with Gasteiger partial charge in [0.25, 0.3) is 0 Å². The summed E-state index contributed by atoms with van der Waals surface area (Å²) in [6.07, 6.45) is 2.77. The maximum Gasteiger partial charge on any atom is 0.234 e. The number of aryl methyl sites for hydroxylation is 3. The Morgan fingerprint density at radius 2 is 1.90 bits per heavy atom. The third-order valence-electron chi connectivity index (χ3n) is 4.75. The van der Waals surface area contributed by atoms with Crippen molar-refractivity contribution in [1.82, 2.24) is 14.8 Å². The van der Waals surface area contributed by atoms with Gasteiger partial charge >= 0.3 is 0 Å². The Morgan fingerprint density at radius 3 is 2.48 bits per heavy atom. The summed E-state index contributed by atoms with van der Waals surface area (Å²) in [5.74, 6) is 1.18. The number of nitrogens with one attached hydrogen (secondary N) is 1. The number of benzene rings is 1. The second-order valence-electron chi connectivity index (χ2n) is 6.90. The maximum absolute atomic E-state index is 12.7. The van der Waals surface area contributed by atoms with Crippen LogP contribution in [-0.4, -0.2) is 26.4 Å². The van der Waals surface area contributed by atoms with Crippen LogP contribution in [0.25, 0.3) is 11.4 Å². The summed E-state index contributed by atoms with van der Waals surface area (Å²) in [4.78, 5) is 13.9. The fraction of sp³-hybridized carbons (Fsp3) is 0.409. The van der Waals surface area contributed by atoms with E-state index in [0.29, 0.717) is 5.75 Å². The van der Waals surface area contributed by atoms with E-state index in [-0.39, 0.29) is 5.91 Å². The van der Waals surface area contributed by atoms with Crippen molar-refractivity contribution in [2.45, 2.75) is 58.7 Å². The average Bonchev–Trinajstić information content (AvgIpc) is 3.32. The van der Waals surface area contributed by atoms with Gasteiger partial charge in [-0.15, -0.1) is 21.5 Å². The first kappa shape index (κ1) is 21.6. The Hall–Kier alpha value is -2.12. The molecule has 154 valence electrons. The summed E-state index contributed by atoms with van der Waals surface area (Å²) in [5.41, 5.74) is 4.40. The van der Waals surface area contributed by atoms with Crippen molar-refractivity contribution >= 4 is 34.7 Å². The van der Waals surface area contributed by atoms with E-state index in [1.165, 1.54) is 27.8 Å². The lowest BCUT2D eigenvalue weighted by atomic mass is 10.0. The minimum absolute atomic E-state index is 0.00965. The number of hydrogen-bond acceptors (Lipinski definition) is 5. The summed E-state index contributed by atoms with van der Waals surface area (Å²) in [6.45, 7) is 9.28. The van der Waals surface area contributed by atoms with Gasteiger partial charge in [-0.1, -0.05) is 50.7 Å². The molecule has 0 aliphatic carbocycles. The number of nitrogens with zero attached hydrogens (tertiary/aromatic N) is 3. The van der Waals surface area contributed by atoms with Crippen molar-refractivity contribution in [2.75, 3.05) is 11.1 Å². The molecular formula is C22H28N4OS2. The highest BCUT2D eigenvalue weighted by Crippen LogP contribution is 2.28. The highest BCUT2D eigenvalue weighted by Gasteiger charge is 2.17. The van der Waals surface area contributed by atoms with E-state index in [1.54, 1.807) is 11.3 Å². The van der Waals surface area contributed by atoms with Crippen molar-refractivity contribution in [3.63, 3.8) is 0 Å². The molecule has 3 aromatic rings. The van der Waals surface area contributed by atoms with Crippen molar-refractivity contribution < 1.29 is 4.79 Å². The smallest absolute Gasteiger partial charge is 0.234 e.